The molecule has 1 aromatic carbocycles. The highest BCUT2D eigenvalue weighted by Gasteiger charge is 2.38. The maximum absolute atomic E-state index is 13.3. The molecular formula is C19H18F5N3O4. The largest absolute Gasteiger partial charge is 0.496 e. The molecule has 12 heteroatoms. The van der Waals surface area contributed by atoms with E-state index in [4.69, 9.17) is 14.2 Å². The third-order valence-corrected chi connectivity index (χ3v) is 5.11. The van der Waals surface area contributed by atoms with E-state index >= 15 is 0 Å². The second-order valence-electron chi connectivity index (χ2n) is 7.18. The van der Waals surface area contributed by atoms with Crippen LogP contribution in [0.2, 0.25) is 0 Å². The van der Waals surface area contributed by atoms with Crippen molar-refractivity contribution in [3.05, 3.63) is 35.0 Å². The minimum atomic E-state index is -4.61. The second-order valence-corrected chi connectivity index (χ2v) is 7.18. The van der Waals surface area contributed by atoms with Crippen molar-refractivity contribution in [1.82, 2.24) is 15.1 Å². The number of hydrogen-bond acceptors (Lipinski definition) is 5. The van der Waals surface area contributed by atoms with Gasteiger partial charge < -0.3 is 19.5 Å². The number of aromatic nitrogens is 2. The predicted molar refractivity (Wildman–Crippen MR) is 95.7 cm³/mol. The summed E-state index contributed by atoms with van der Waals surface area (Å²) in [5, 5.41) is 6.70. The summed E-state index contributed by atoms with van der Waals surface area (Å²) < 4.78 is 82.5. The van der Waals surface area contributed by atoms with E-state index in [1.807, 2.05) is 0 Å². The quantitative estimate of drug-likeness (QED) is 0.730. The average Bonchev–Trinajstić information content (AvgIpc) is 3.15. The number of nitrogens with one attached hydrogen (secondary N) is 1. The van der Waals surface area contributed by atoms with E-state index in [0.717, 1.165) is 13.2 Å². The molecule has 0 aliphatic carbocycles. The van der Waals surface area contributed by atoms with Gasteiger partial charge in [-0.1, -0.05) is 0 Å². The number of nitrogens with zero attached hydrogens (tertiary/aromatic N) is 2. The molecule has 1 amide bonds. The topological polar surface area (TPSA) is 74.6 Å². The normalized spacial score (nSPS) is 20.4. The molecule has 2 atom stereocenters. The van der Waals surface area contributed by atoms with Crippen molar-refractivity contribution in [2.45, 2.75) is 44.1 Å². The molecule has 4 rings (SSSR count). The third-order valence-electron chi connectivity index (χ3n) is 5.11. The van der Waals surface area contributed by atoms with Crippen LogP contribution in [0.25, 0.3) is 0 Å². The lowest BCUT2D eigenvalue weighted by atomic mass is 9.98. The van der Waals surface area contributed by atoms with E-state index in [1.165, 1.54) is 16.8 Å². The molecule has 1 unspecified atom stereocenters. The minimum Gasteiger partial charge on any atom is -0.496 e. The number of fused-ring (bicyclic) bond motifs is 2. The van der Waals surface area contributed by atoms with Gasteiger partial charge in [0.15, 0.2) is 11.8 Å². The van der Waals surface area contributed by atoms with E-state index in [1.54, 1.807) is 0 Å². The fraction of sp³-hybridized carbons (Fsp3) is 0.474. The molecule has 0 saturated carbocycles. The molecule has 0 fully saturated rings. The summed E-state index contributed by atoms with van der Waals surface area (Å²) in [7, 11) is 1.13. The first-order valence-corrected chi connectivity index (χ1v) is 9.40. The van der Waals surface area contributed by atoms with Gasteiger partial charge in [-0.15, -0.1) is 0 Å². The van der Waals surface area contributed by atoms with Gasteiger partial charge in [0.05, 0.1) is 18.7 Å². The number of amides is 1. The number of aryl methyl sites for hydroxylation is 1. The molecule has 31 heavy (non-hydrogen) atoms. The second kappa shape index (κ2) is 7.89. The average molecular weight is 447 g/mol. The summed E-state index contributed by atoms with van der Waals surface area (Å²) in [4.78, 5) is 12.6. The van der Waals surface area contributed by atoms with Gasteiger partial charge in [0.1, 0.15) is 18.1 Å². The van der Waals surface area contributed by atoms with Crippen molar-refractivity contribution in [2.75, 3.05) is 13.7 Å². The Morgan fingerprint density at radius 1 is 1.35 bits per heavy atom. The van der Waals surface area contributed by atoms with Crippen LogP contribution >= 0.6 is 0 Å². The molecule has 0 saturated heterocycles. The van der Waals surface area contributed by atoms with Gasteiger partial charge in [0.2, 0.25) is 5.88 Å². The molecule has 0 radical (unpaired) electrons. The lowest BCUT2D eigenvalue weighted by molar-refractivity contribution is -0.138. The van der Waals surface area contributed by atoms with Crippen molar-refractivity contribution < 1.29 is 41.0 Å². The number of rotatable bonds is 4. The highest BCUT2D eigenvalue weighted by Crippen LogP contribution is 2.43. The number of benzene rings is 1. The lowest BCUT2D eigenvalue weighted by Crippen LogP contribution is -2.43. The van der Waals surface area contributed by atoms with Crippen molar-refractivity contribution in [3.8, 4) is 17.4 Å². The van der Waals surface area contributed by atoms with Crippen molar-refractivity contribution in [2.24, 2.45) is 0 Å². The molecule has 0 spiro atoms. The number of alkyl halides is 5. The Balaban J connectivity index is 1.50. The zero-order chi connectivity index (χ0) is 22.3. The first-order chi connectivity index (χ1) is 14.7. The van der Waals surface area contributed by atoms with Gasteiger partial charge in [-0.2, -0.15) is 18.3 Å². The summed E-state index contributed by atoms with van der Waals surface area (Å²) in [5.74, 6) is -0.669. The summed E-state index contributed by atoms with van der Waals surface area (Å²) in [5.41, 5.74) is -0.787. The summed E-state index contributed by atoms with van der Waals surface area (Å²) in [6.07, 6.45) is -8.42. The number of hydrogen-bond donors (Lipinski definition) is 1. The highest BCUT2D eigenvalue weighted by molar-refractivity contribution is 5.92. The van der Waals surface area contributed by atoms with Gasteiger partial charge in [0.25, 0.3) is 12.3 Å². The Labute approximate surface area is 173 Å². The third kappa shape index (κ3) is 4.10. The monoisotopic (exact) mass is 447 g/mol. The predicted octanol–water partition coefficient (Wildman–Crippen LogP) is 3.06. The smallest absolute Gasteiger partial charge is 0.419 e. The van der Waals surface area contributed by atoms with Crippen LogP contribution in [0.15, 0.2) is 18.2 Å². The Morgan fingerprint density at radius 2 is 2.13 bits per heavy atom. The van der Waals surface area contributed by atoms with Crippen LogP contribution in [0.1, 0.15) is 28.0 Å². The first kappa shape index (κ1) is 21.2. The molecule has 7 nitrogen and oxygen atoms in total. The van der Waals surface area contributed by atoms with Crippen molar-refractivity contribution >= 4 is 5.91 Å². The van der Waals surface area contributed by atoms with Crippen LogP contribution < -0.4 is 19.5 Å². The van der Waals surface area contributed by atoms with Crippen LogP contribution in [-0.2, 0) is 19.1 Å². The maximum atomic E-state index is 13.3. The zero-order valence-electron chi connectivity index (χ0n) is 16.2. The molecule has 2 aliphatic rings. The van der Waals surface area contributed by atoms with Gasteiger partial charge in [-0.25, -0.2) is 13.5 Å². The number of methoxy groups -OCH3 is 1. The molecule has 168 valence electrons. The number of halogens is 5. The molecule has 0 bridgehead atoms. The fourth-order valence-electron chi connectivity index (χ4n) is 3.65. The number of carbonyl (C=O) groups excluding carboxylic acids is 1. The van der Waals surface area contributed by atoms with Crippen LogP contribution in [0.3, 0.4) is 0 Å². The molecular weight excluding hydrogens is 429 g/mol. The van der Waals surface area contributed by atoms with E-state index in [2.05, 4.69) is 10.4 Å². The highest BCUT2D eigenvalue weighted by atomic mass is 19.4. The van der Waals surface area contributed by atoms with Crippen LogP contribution in [0, 0.1) is 0 Å². The van der Waals surface area contributed by atoms with Gasteiger partial charge in [-0.3, -0.25) is 4.79 Å². The number of ether oxygens (including phenoxy) is 3. The summed E-state index contributed by atoms with van der Waals surface area (Å²) in [6.45, 7) is 0.208. The van der Waals surface area contributed by atoms with E-state index in [9.17, 15) is 26.7 Å². The van der Waals surface area contributed by atoms with Crippen molar-refractivity contribution in [3.63, 3.8) is 0 Å². The zero-order valence-corrected chi connectivity index (χ0v) is 16.2. The summed E-state index contributed by atoms with van der Waals surface area (Å²) >= 11 is 0. The first-order valence-electron chi connectivity index (χ1n) is 9.40. The van der Waals surface area contributed by atoms with Crippen LogP contribution in [-0.4, -0.2) is 48.0 Å². The minimum absolute atomic E-state index is 0.0325. The Morgan fingerprint density at radius 3 is 2.81 bits per heavy atom. The Hall–Kier alpha value is -3.05. The van der Waals surface area contributed by atoms with Crippen LogP contribution in [0.4, 0.5) is 22.0 Å². The molecule has 2 aromatic rings. The maximum Gasteiger partial charge on any atom is 0.419 e. The SMILES string of the molecule is COc1c(C(F)(F)F)ccc2c1C[C@@H](NC(=O)c1cc3n(n1)CCC(C(F)F)O3)CO2. The molecule has 1 aromatic heterocycles. The standard InChI is InChI=1S/C19H18F5N3O4/c1-29-16-10-6-9(8-30-13(10)3-2-11(16)19(22,23)24)25-18(28)12-7-15-27(26-12)5-4-14(31-15)17(20)21/h2-3,7,9,14,17H,4-6,8H2,1H3,(H,25,28)/t9-,14?/m1/s1. The van der Waals surface area contributed by atoms with Gasteiger partial charge in [0, 0.05) is 31.0 Å². The van der Waals surface area contributed by atoms with E-state index in [0.29, 0.717) is 0 Å². The van der Waals surface area contributed by atoms with E-state index in [-0.39, 0.29) is 54.6 Å². The van der Waals surface area contributed by atoms with Crippen molar-refractivity contribution in [1.29, 1.82) is 0 Å². The molecule has 3 heterocycles. The van der Waals surface area contributed by atoms with Crippen LogP contribution in [0.5, 0.6) is 17.4 Å². The van der Waals surface area contributed by atoms with E-state index < -0.39 is 36.2 Å². The lowest BCUT2D eigenvalue weighted by Gasteiger charge is -2.28. The Bertz CT molecular complexity index is 992. The fourth-order valence-corrected chi connectivity index (χ4v) is 3.65. The number of carbonyl (C=O) groups is 1. The Kier molecular flexibility index (Phi) is 5.40. The van der Waals surface area contributed by atoms with Gasteiger partial charge in [-0.05, 0) is 12.1 Å². The van der Waals surface area contributed by atoms with Gasteiger partial charge >= 0.3 is 6.18 Å². The molecule has 2 aliphatic heterocycles. The summed E-state index contributed by atoms with van der Waals surface area (Å²) in [6, 6.07) is 2.72. The molecule has 1 N–H and O–H groups in total.